The molecule has 0 spiro atoms. The van der Waals surface area contributed by atoms with Crippen LogP contribution in [0.4, 0.5) is 0 Å². The van der Waals surface area contributed by atoms with Gasteiger partial charge in [0.2, 0.25) is 0 Å². The van der Waals surface area contributed by atoms with Gasteiger partial charge >= 0.3 is 0 Å². The number of alkyl halides is 1. The predicted molar refractivity (Wildman–Crippen MR) is 74.5 cm³/mol. The highest BCUT2D eigenvalue weighted by atomic mass is 35.5. The van der Waals surface area contributed by atoms with Crippen molar-refractivity contribution < 1.29 is 4.79 Å². The molecular formula is C15H27ClO. The Balaban J connectivity index is 3.11. The van der Waals surface area contributed by atoms with Gasteiger partial charge in [0.05, 0.1) is 5.38 Å². The van der Waals surface area contributed by atoms with Crippen molar-refractivity contribution in [1.82, 2.24) is 0 Å². The van der Waals surface area contributed by atoms with Crippen molar-refractivity contribution in [3.63, 3.8) is 0 Å². The molecule has 0 aliphatic heterocycles. The molecule has 1 aliphatic carbocycles. The number of carbonyl (C=O) groups is 1. The summed E-state index contributed by atoms with van der Waals surface area (Å²) >= 11 is 6.40. The molecule has 1 nitrogen and oxygen atoms in total. The topological polar surface area (TPSA) is 17.1 Å². The molecule has 100 valence electrons. The molecule has 1 aliphatic rings. The van der Waals surface area contributed by atoms with E-state index in [4.69, 9.17) is 11.6 Å². The Labute approximate surface area is 111 Å². The molecule has 3 unspecified atom stereocenters. The lowest BCUT2D eigenvalue weighted by atomic mass is 9.63. The smallest absolute Gasteiger partial charge is 0.150 e. The number of ketones is 1. The maximum atomic E-state index is 12.0. The third-order valence-electron chi connectivity index (χ3n) is 5.18. The Hall–Kier alpha value is -0.0400. The largest absolute Gasteiger partial charge is 0.298 e. The Morgan fingerprint density at radius 2 is 1.76 bits per heavy atom. The number of rotatable bonds is 4. The number of hydrogen-bond donors (Lipinski definition) is 0. The highest BCUT2D eigenvalue weighted by Gasteiger charge is 2.45. The molecule has 0 aromatic carbocycles. The molecule has 3 atom stereocenters. The molecule has 2 heteroatoms. The van der Waals surface area contributed by atoms with Crippen LogP contribution in [0.3, 0.4) is 0 Å². The minimum atomic E-state index is -0.245. The van der Waals surface area contributed by atoms with Gasteiger partial charge in [-0.05, 0) is 23.7 Å². The van der Waals surface area contributed by atoms with E-state index >= 15 is 0 Å². The molecule has 0 N–H and O–H groups in total. The van der Waals surface area contributed by atoms with Gasteiger partial charge in [-0.15, -0.1) is 11.6 Å². The average molecular weight is 259 g/mol. The van der Waals surface area contributed by atoms with Gasteiger partial charge < -0.3 is 0 Å². The number of hydrogen-bond acceptors (Lipinski definition) is 1. The zero-order valence-electron chi connectivity index (χ0n) is 11.8. The van der Waals surface area contributed by atoms with Gasteiger partial charge in [-0.25, -0.2) is 0 Å². The van der Waals surface area contributed by atoms with Gasteiger partial charge in [0.1, 0.15) is 0 Å². The summed E-state index contributed by atoms with van der Waals surface area (Å²) in [5.74, 6) is 1.26. The first kappa shape index (κ1) is 15.0. The van der Waals surface area contributed by atoms with E-state index < -0.39 is 0 Å². The molecule has 1 rings (SSSR count). The molecule has 0 saturated heterocycles. The highest BCUT2D eigenvalue weighted by molar-refractivity contribution is 6.31. The van der Waals surface area contributed by atoms with Crippen LogP contribution in [-0.2, 0) is 4.79 Å². The van der Waals surface area contributed by atoms with Crippen molar-refractivity contribution in [3.05, 3.63) is 0 Å². The van der Waals surface area contributed by atoms with Crippen LogP contribution in [0.1, 0.15) is 66.2 Å². The summed E-state index contributed by atoms with van der Waals surface area (Å²) in [6, 6.07) is 0. The van der Waals surface area contributed by atoms with E-state index in [0.29, 0.717) is 23.7 Å². The second kappa shape index (κ2) is 6.22. The fourth-order valence-corrected chi connectivity index (χ4v) is 4.41. The van der Waals surface area contributed by atoms with Crippen LogP contribution in [0.2, 0.25) is 0 Å². The van der Waals surface area contributed by atoms with E-state index in [2.05, 4.69) is 27.7 Å². The van der Waals surface area contributed by atoms with E-state index in [9.17, 15) is 4.79 Å². The van der Waals surface area contributed by atoms with Crippen LogP contribution in [-0.4, -0.2) is 11.2 Å². The number of carbonyl (C=O) groups excluding carboxylic acids is 1. The lowest BCUT2D eigenvalue weighted by Gasteiger charge is -2.42. The third-order valence-corrected chi connectivity index (χ3v) is 5.74. The molecule has 1 saturated carbocycles. The van der Waals surface area contributed by atoms with Crippen LogP contribution in [0, 0.1) is 17.3 Å². The van der Waals surface area contributed by atoms with E-state index in [1.54, 1.807) is 0 Å². The predicted octanol–water partition coefficient (Wildman–Crippen LogP) is 4.82. The summed E-state index contributed by atoms with van der Waals surface area (Å²) in [6.45, 7) is 8.99. The van der Waals surface area contributed by atoms with Crippen molar-refractivity contribution in [3.8, 4) is 0 Å². The quantitative estimate of drug-likeness (QED) is 0.522. The number of halogens is 1. The average Bonchev–Trinajstić information content (AvgIpc) is 2.46. The van der Waals surface area contributed by atoms with Gasteiger partial charge in [0, 0.05) is 6.42 Å². The first-order valence-corrected chi connectivity index (χ1v) is 7.66. The molecule has 1 fully saturated rings. The van der Waals surface area contributed by atoms with Crippen LogP contribution in [0.15, 0.2) is 0 Å². The van der Waals surface area contributed by atoms with E-state index in [1.165, 1.54) is 12.8 Å². The van der Waals surface area contributed by atoms with Gasteiger partial charge in [-0.1, -0.05) is 53.4 Å². The van der Waals surface area contributed by atoms with Crippen LogP contribution in [0.25, 0.3) is 0 Å². The maximum Gasteiger partial charge on any atom is 0.150 e. The first-order valence-electron chi connectivity index (χ1n) is 7.23. The normalized spacial score (nSPS) is 33.5. The second-order valence-electron chi connectivity index (χ2n) is 5.52. The Bertz CT molecular complexity index is 258. The molecule has 0 amide bonds. The Kier molecular flexibility index (Phi) is 5.50. The minimum absolute atomic E-state index is 0.245. The fourth-order valence-electron chi connectivity index (χ4n) is 3.95. The lowest BCUT2D eigenvalue weighted by molar-refractivity contribution is -0.119. The van der Waals surface area contributed by atoms with Gasteiger partial charge in [0.25, 0.3) is 0 Å². The standard InChI is InChI=1S/C15H27ClO/c1-5-11-12(6-2)15(7-3,8-4)10-9-13(17)14(11)16/h11-12,14H,5-10H2,1-4H3. The van der Waals surface area contributed by atoms with Gasteiger partial charge in [0.15, 0.2) is 5.78 Å². The Morgan fingerprint density at radius 3 is 2.18 bits per heavy atom. The zero-order valence-corrected chi connectivity index (χ0v) is 12.5. The summed E-state index contributed by atoms with van der Waals surface area (Å²) in [4.78, 5) is 12.0. The number of Topliss-reactive ketones (excluding diaryl/α,β-unsaturated/α-hetero) is 1. The van der Waals surface area contributed by atoms with Crippen LogP contribution in [0.5, 0.6) is 0 Å². The summed E-state index contributed by atoms with van der Waals surface area (Å²) < 4.78 is 0. The molecule has 0 aromatic heterocycles. The van der Waals surface area contributed by atoms with E-state index in [1.807, 2.05) is 0 Å². The third kappa shape index (κ3) is 2.70. The zero-order chi connectivity index (χ0) is 13.1. The molecule has 0 radical (unpaired) electrons. The lowest BCUT2D eigenvalue weighted by Crippen LogP contribution is -2.36. The summed E-state index contributed by atoms with van der Waals surface area (Å²) in [5, 5.41) is -0.245. The molecule has 0 heterocycles. The minimum Gasteiger partial charge on any atom is -0.298 e. The van der Waals surface area contributed by atoms with Crippen molar-refractivity contribution in [2.75, 3.05) is 0 Å². The monoisotopic (exact) mass is 258 g/mol. The van der Waals surface area contributed by atoms with Crippen LogP contribution >= 0.6 is 11.6 Å². The molecule has 0 bridgehead atoms. The van der Waals surface area contributed by atoms with E-state index in [-0.39, 0.29) is 11.2 Å². The summed E-state index contributed by atoms with van der Waals surface area (Å²) in [5.41, 5.74) is 0.342. The van der Waals surface area contributed by atoms with Crippen molar-refractivity contribution in [2.45, 2.75) is 71.6 Å². The van der Waals surface area contributed by atoms with Crippen LogP contribution < -0.4 is 0 Å². The SMILES string of the molecule is CCC1C(Cl)C(=O)CCC(CC)(CC)C1CC. The van der Waals surface area contributed by atoms with Crippen molar-refractivity contribution in [1.29, 1.82) is 0 Å². The van der Waals surface area contributed by atoms with Gasteiger partial charge in [-0.2, -0.15) is 0 Å². The van der Waals surface area contributed by atoms with E-state index in [0.717, 1.165) is 19.3 Å². The summed E-state index contributed by atoms with van der Waals surface area (Å²) in [6.07, 6.45) is 6.25. The fraction of sp³-hybridized carbons (Fsp3) is 0.933. The van der Waals surface area contributed by atoms with Crippen molar-refractivity contribution >= 4 is 17.4 Å². The highest BCUT2D eigenvalue weighted by Crippen LogP contribution is 2.50. The molecular weight excluding hydrogens is 232 g/mol. The maximum absolute atomic E-state index is 12.0. The molecule has 17 heavy (non-hydrogen) atoms. The Morgan fingerprint density at radius 1 is 1.18 bits per heavy atom. The van der Waals surface area contributed by atoms with Crippen molar-refractivity contribution in [2.24, 2.45) is 17.3 Å². The van der Waals surface area contributed by atoms with Gasteiger partial charge in [-0.3, -0.25) is 4.79 Å². The second-order valence-corrected chi connectivity index (χ2v) is 5.99. The first-order chi connectivity index (χ1) is 8.06. The summed E-state index contributed by atoms with van der Waals surface area (Å²) in [7, 11) is 0. The molecule has 0 aromatic rings.